The number of nitrogens with zero attached hydrogens (tertiary/aromatic N) is 3. The van der Waals surface area contributed by atoms with Crippen LogP contribution in [0, 0.1) is 34.0 Å². The molecule has 3 aliphatic carbocycles. The smallest absolute Gasteiger partial charge is 0.410 e. The molecule has 2 aliphatic heterocycles. The van der Waals surface area contributed by atoms with E-state index in [9.17, 15) is 41.0 Å². The van der Waals surface area contributed by atoms with Gasteiger partial charge in [-0.05, 0) is 123 Å². The maximum Gasteiger partial charge on any atom is 0.453 e. The van der Waals surface area contributed by atoms with Crippen molar-refractivity contribution in [3.8, 4) is 5.75 Å². The van der Waals surface area contributed by atoms with E-state index in [1.54, 1.807) is 4.90 Å². The summed E-state index contributed by atoms with van der Waals surface area (Å²) in [4.78, 5) is 29.5. The van der Waals surface area contributed by atoms with Crippen molar-refractivity contribution in [3.05, 3.63) is 34.2 Å². The van der Waals surface area contributed by atoms with Crippen LogP contribution < -0.4 is 4.74 Å². The van der Waals surface area contributed by atoms with Crippen molar-refractivity contribution in [2.45, 2.75) is 128 Å². The Morgan fingerprint density at radius 2 is 1.87 bits per heavy atom. The maximum absolute atomic E-state index is 13.3. The lowest BCUT2D eigenvalue weighted by Gasteiger charge is -2.53. The number of aliphatic hydroxyl groups excluding tert-OH is 1. The van der Waals surface area contributed by atoms with Crippen LogP contribution in [-0.2, 0) is 17.2 Å². The van der Waals surface area contributed by atoms with Crippen LogP contribution in [0.4, 0.5) is 26.7 Å². The van der Waals surface area contributed by atoms with Gasteiger partial charge in [0, 0.05) is 51.5 Å². The summed E-state index contributed by atoms with van der Waals surface area (Å²) >= 11 is 0. The normalized spacial score (nSPS) is 33.2. The topological polar surface area (TPSA) is 90.2 Å². The number of fused-ring (bicyclic) bond motifs is 6. The molecule has 0 spiro atoms. The third kappa shape index (κ3) is 8.09. The quantitative estimate of drug-likeness (QED) is 0.174. The molecule has 10 atom stereocenters. The number of hydrogen-bond donors (Lipinski definition) is 1. The van der Waals surface area contributed by atoms with E-state index in [1.807, 2.05) is 19.1 Å². The van der Waals surface area contributed by atoms with E-state index in [1.165, 1.54) is 11.1 Å². The summed E-state index contributed by atoms with van der Waals surface area (Å²) in [6.07, 6.45) is -0.515. The van der Waals surface area contributed by atoms with Gasteiger partial charge in [-0.2, -0.15) is 22.0 Å². The summed E-state index contributed by atoms with van der Waals surface area (Å²) < 4.78 is 83.0. The Bertz CT molecular complexity index is 1500. The Morgan fingerprint density at radius 1 is 1.12 bits per heavy atom. The monoisotopic (exact) mass is 760 g/mol. The van der Waals surface area contributed by atoms with Crippen LogP contribution in [-0.4, -0.2) is 98.1 Å². The fourth-order valence-electron chi connectivity index (χ4n) is 10.4. The minimum atomic E-state index is -5.58. The van der Waals surface area contributed by atoms with Crippen LogP contribution in [0.15, 0.2) is 18.2 Å². The molecule has 8 nitrogen and oxygen atoms in total. The summed E-state index contributed by atoms with van der Waals surface area (Å²) in [5, 5.41) is 11.1. The number of benzene rings is 1. The van der Waals surface area contributed by atoms with E-state index in [2.05, 4.69) is 24.8 Å². The molecular weight excluding hydrogens is 705 g/mol. The predicted octanol–water partition coefficient (Wildman–Crippen LogP) is 7.68. The van der Waals surface area contributed by atoms with Crippen molar-refractivity contribution >= 4 is 16.9 Å². The van der Waals surface area contributed by atoms with Crippen LogP contribution in [0.3, 0.4) is 0 Å². The largest absolute Gasteiger partial charge is 0.453 e. The van der Waals surface area contributed by atoms with Crippen molar-refractivity contribution in [2.75, 3.05) is 37.7 Å². The van der Waals surface area contributed by atoms with Gasteiger partial charge >= 0.3 is 18.2 Å². The second-order valence-corrected chi connectivity index (χ2v) is 18.4. The fourth-order valence-corrected chi connectivity index (χ4v) is 11.5. The molecule has 0 bridgehead atoms. The minimum absolute atomic E-state index is 0.104. The van der Waals surface area contributed by atoms with E-state index in [-0.39, 0.29) is 35.2 Å². The van der Waals surface area contributed by atoms with Gasteiger partial charge in [-0.1, -0.05) is 26.3 Å². The highest BCUT2D eigenvalue weighted by Gasteiger charge is 2.57. The Hall–Kier alpha value is -2.19. The fraction of sp³-hybridized carbons (Fsp3) is 0.816. The molecule has 4 fully saturated rings. The third-order valence-corrected chi connectivity index (χ3v) is 14.9. The Balaban J connectivity index is 1.07. The number of carbonyl (C=O) groups is 1. The van der Waals surface area contributed by atoms with E-state index in [0.29, 0.717) is 67.9 Å². The molecule has 292 valence electrons. The Morgan fingerprint density at radius 3 is 2.62 bits per heavy atom. The maximum atomic E-state index is 13.3. The molecule has 6 rings (SSSR count). The SMILES string of the molecule is CC(CCCS(=O)CCCC(F)(F)C(F)(F)F)CC[C@@H]1Cc2cc(OC(=O)N3CCN4C(C)C[N+](=O)C4C3)ccc2C2CC[C@@]3(C)C(CC[C@@H]3O)[C@@H]21. The number of carbonyl (C=O) groups excluding carboxylic acids is 1. The zero-order valence-corrected chi connectivity index (χ0v) is 31.4. The number of alkyl halides is 5. The number of piperazine rings is 1. The van der Waals surface area contributed by atoms with E-state index in [0.717, 1.165) is 56.1 Å². The first-order valence-electron chi connectivity index (χ1n) is 19.2. The van der Waals surface area contributed by atoms with Crippen molar-refractivity contribution in [3.63, 3.8) is 0 Å². The molecule has 14 heteroatoms. The summed E-state index contributed by atoms with van der Waals surface area (Å²) in [5.74, 6) is -2.26. The molecule has 1 aromatic carbocycles. The van der Waals surface area contributed by atoms with Gasteiger partial charge in [0.1, 0.15) is 12.3 Å². The van der Waals surface area contributed by atoms with Gasteiger partial charge in [0.2, 0.25) is 6.54 Å². The van der Waals surface area contributed by atoms with Gasteiger partial charge in [0.15, 0.2) is 0 Å². The number of rotatable bonds is 12. The predicted molar refractivity (Wildman–Crippen MR) is 188 cm³/mol. The lowest BCUT2D eigenvalue weighted by molar-refractivity contribution is -0.578. The molecule has 0 aromatic heterocycles. The summed E-state index contributed by atoms with van der Waals surface area (Å²) in [5.41, 5.74) is 2.40. The van der Waals surface area contributed by atoms with Gasteiger partial charge in [-0.15, -0.1) is 0 Å². The number of halogens is 5. The van der Waals surface area contributed by atoms with E-state index in [4.69, 9.17) is 4.74 Å². The molecule has 52 heavy (non-hydrogen) atoms. The highest BCUT2D eigenvalue weighted by atomic mass is 32.2. The Labute approximate surface area is 306 Å². The first kappa shape index (κ1) is 39.5. The lowest BCUT2D eigenvalue weighted by Crippen LogP contribution is -2.56. The van der Waals surface area contributed by atoms with Gasteiger partial charge < -0.3 is 9.84 Å². The van der Waals surface area contributed by atoms with Crippen LogP contribution in [0.25, 0.3) is 0 Å². The minimum Gasteiger partial charge on any atom is -0.410 e. The summed E-state index contributed by atoms with van der Waals surface area (Å²) in [6.45, 7) is 8.32. The number of aliphatic hydroxyl groups is 1. The second-order valence-electron chi connectivity index (χ2n) is 16.7. The molecule has 1 aromatic rings. The van der Waals surface area contributed by atoms with Crippen molar-refractivity contribution in [1.29, 1.82) is 0 Å². The summed E-state index contributed by atoms with van der Waals surface area (Å²) in [7, 11) is -1.44. The van der Waals surface area contributed by atoms with Crippen LogP contribution in [0.5, 0.6) is 5.75 Å². The average Bonchev–Trinajstić information content (AvgIpc) is 3.55. The molecule has 2 saturated heterocycles. The molecule has 0 radical (unpaired) electrons. The van der Waals surface area contributed by atoms with Gasteiger partial charge in [0.05, 0.1) is 12.1 Å². The number of nitroso groups, excluding NO2 is 1. The molecule has 6 unspecified atom stereocenters. The molecular formula is C38H55F5N3O5S+. The van der Waals surface area contributed by atoms with E-state index < -0.39 is 41.8 Å². The first-order valence-corrected chi connectivity index (χ1v) is 20.7. The van der Waals surface area contributed by atoms with Crippen molar-refractivity contribution in [2.24, 2.45) is 29.1 Å². The molecule has 1 N–H and O–H groups in total. The molecule has 1 amide bonds. The first-order chi connectivity index (χ1) is 24.5. The lowest BCUT2D eigenvalue weighted by atomic mass is 9.52. The Kier molecular flexibility index (Phi) is 11.8. The van der Waals surface area contributed by atoms with Crippen LogP contribution in [0.1, 0.15) is 102 Å². The van der Waals surface area contributed by atoms with Gasteiger partial charge in [-0.25, -0.2) is 9.69 Å². The van der Waals surface area contributed by atoms with Gasteiger partial charge in [0.25, 0.3) is 6.17 Å². The molecule has 5 aliphatic rings. The average molecular weight is 761 g/mol. The van der Waals surface area contributed by atoms with Gasteiger partial charge in [-0.3, -0.25) is 9.11 Å². The van der Waals surface area contributed by atoms with Crippen molar-refractivity contribution < 1.29 is 45.6 Å². The standard InChI is InChI=1S/C38H55F5N3O5S/c1-24(6-4-18-52(50)19-5-14-37(39,40)38(41,42)43)7-8-26-20-27-21-28(51-35(48)44-16-17-45-25(2)22-46(49)33(45)23-44)9-10-29(27)30-13-15-36(3)31(34(26)30)11-12-32(36)47/h9-10,21,24-26,30-34,47H,4-8,11-20,22-23H2,1-3H3/q+1/t24?,25?,26-,30?,31?,32+,33?,34-,36+,52?/m1/s1. The van der Waals surface area contributed by atoms with Crippen molar-refractivity contribution in [1.82, 2.24) is 9.80 Å². The number of hydrogen-bond acceptors (Lipinski definition) is 6. The zero-order valence-electron chi connectivity index (χ0n) is 30.6. The van der Waals surface area contributed by atoms with Crippen LogP contribution in [0.2, 0.25) is 0 Å². The summed E-state index contributed by atoms with van der Waals surface area (Å²) in [6, 6.07) is 6.20. The third-order valence-electron chi connectivity index (χ3n) is 13.4. The highest BCUT2D eigenvalue weighted by molar-refractivity contribution is 7.84. The van der Waals surface area contributed by atoms with Crippen LogP contribution >= 0.6 is 0 Å². The molecule has 2 saturated carbocycles. The van der Waals surface area contributed by atoms with E-state index >= 15 is 0 Å². The molecule has 2 heterocycles. The number of ether oxygens (including phenoxy) is 1. The number of amides is 1. The zero-order chi connectivity index (χ0) is 37.6. The second kappa shape index (κ2) is 15.5. The highest BCUT2D eigenvalue weighted by Crippen LogP contribution is 2.63.